The van der Waals surface area contributed by atoms with Crippen molar-refractivity contribution < 1.29 is 14.3 Å². The molecule has 72 valence electrons. The first-order valence-corrected chi connectivity index (χ1v) is 4.69. The van der Waals surface area contributed by atoms with E-state index in [4.69, 9.17) is 4.74 Å². The molecule has 0 radical (unpaired) electrons. The first-order valence-electron chi connectivity index (χ1n) is 4.69. The summed E-state index contributed by atoms with van der Waals surface area (Å²) in [5.41, 5.74) is 0. The van der Waals surface area contributed by atoms with Crippen LogP contribution in [0, 0.1) is 5.92 Å². The zero-order chi connectivity index (χ0) is 9.26. The Morgan fingerprint density at radius 1 is 1.46 bits per heavy atom. The number of hydrogen-bond donors (Lipinski definition) is 0. The molecule has 0 aromatic carbocycles. The van der Waals surface area contributed by atoms with Gasteiger partial charge in [-0.2, -0.15) is 0 Å². The van der Waals surface area contributed by atoms with E-state index >= 15 is 0 Å². The molecule has 0 bridgehead atoms. The molecular formula is C9H13NO3. The monoisotopic (exact) mass is 183 g/mol. The van der Waals surface area contributed by atoms with Gasteiger partial charge in [-0.15, -0.1) is 0 Å². The number of amides is 1. The molecule has 0 N–H and O–H groups in total. The van der Waals surface area contributed by atoms with Gasteiger partial charge in [0.05, 0.1) is 6.54 Å². The molecule has 4 heteroatoms. The molecular weight excluding hydrogens is 170 g/mol. The molecule has 1 aliphatic carbocycles. The fourth-order valence-electron chi connectivity index (χ4n) is 1.95. The van der Waals surface area contributed by atoms with Crippen molar-refractivity contribution in [1.29, 1.82) is 0 Å². The molecule has 1 unspecified atom stereocenters. The fourth-order valence-corrected chi connectivity index (χ4v) is 1.95. The summed E-state index contributed by atoms with van der Waals surface area (Å²) in [6.07, 6.45) is 2.04. The first-order chi connectivity index (χ1) is 6.25. The highest BCUT2D eigenvalue weighted by atomic mass is 16.6. The summed E-state index contributed by atoms with van der Waals surface area (Å²) in [7, 11) is 0. The molecule has 2 rings (SSSR count). The normalized spacial score (nSPS) is 28.3. The van der Waals surface area contributed by atoms with E-state index in [0.717, 1.165) is 6.42 Å². The lowest BCUT2D eigenvalue weighted by Crippen LogP contribution is -2.29. The highest BCUT2D eigenvalue weighted by Gasteiger charge is 2.29. The molecule has 4 nitrogen and oxygen atoms in total. The van der Waals surface area contributed by atoms with E-state index in [2.05, 4.69) is 0 Å². The number of carbonyl (C=O) groups is 2. The van der Waals surface area contributed by atoms with Crippen LogP contribution in [0.4, 0.5) is 4.79 Å². The average Bonchev–Trinajstić information content (AvgIpc) is 2.64. The van der Waals surface area contributed by atoms with Crippen molar-refractivity contribution in [2.45, 2.75) is 19.3 Å². The van der Waals surface area contributed by atoms with Crippen LogP contribution in [0.25, 0.3) is 0 Å². The summed E-state index contributed by atoms with van der Waals surface area (Å²) in [5, 5.41) is 0. The SMILES string of the molecule is O=C1CCC(CN2CCOC2=O)C1. The van der Waals surface area contributed by atoms with E-state index in [9.17, 15) is 9.59 Å². The highest BCUT2D eigenvalue weighted by Crippen LogP contribution is 2.23. The Hall–Kier alpha value is -1.06. The topological polar surface area (TPSA) is 46.6 Å². The van der Waals surface area contributed by atoms with Gasteiger partial charge in [-0.05, 0) is 12.3 Å². The second kappa shape index (κ2) is 3.36. The van der Waals surface area contributed by atoms with Crippen LogP contribution >= 0.6 is 0 Å². The summed E-state index contributed by atoms with van der Waals surface area (Å²) >= 11 is 0. The maximum atomic E-state index is 11.1. The number of cyclic esters (lactones) is 1. The predicted molar refractivity (Wildman–Crippen MR) is 45.3 cm³/mol. The summed E-state index contributed by atoms with van der Waals surface area (Å²) in [5.74, 6) is 0.704. The molecule has 1 saturated carbocycles. The molecule has 1 saturated heterocycles. The smallest absolute Gasteiger partial charge is 0.409 e. The van der Waals surface area contributed by atoms with Crippen molar-refractivity contribution >= 4 is 11.9 Å². The lowest BCUT2D eigenvalue weighted by atomic mass is 10.1. The second-order valence-corrected chi connectivity index (χ2v) is 3.71. The van der Waals surface area contributed by atoms with Crippen molar-refractivity contribution in [3.63, 3.8) is 0 Å². The second-order valence-electron chi connectivity index (χ2n) is 3.71. The molecule has 1 aliphatic heterocycles. The molecule has 0 spiro atoms. The lowest BCUT2D eigenvalue weighted by molar-refractivity contribution is -0.117. The van der Waals surface area contributed by atoms with Gasteiger partial charge in [-0.3, -0.25) is 4.79 Å². The third-order valence-corrected chi connectivity index (χ3v) is 2.67. The molecule has 2 fully saturated rings. The van der Waals surface area contributed by atoms with Crippen LogP contribution < -0.4 is 0 Å². The Morgan fingerprint density at radius 2 is 2.31 bits per heavy atom. The Morgan fingerprint density at radius 3 is 2.85 bits per heavy atom. The number of Topliss-reactive ketones (excluding diaryl/α,β-unsaturated/α-hetero) is 1. The van der Waals surface area contributed by atoms with E-state index in [1.807, 2.05) is 0 Å². The molecule has 0 aromatic rings. The van der Waals surface area contributed by atoms with Gasteiger partial charge in [0.15, 0.2) is 0 Å². The predicted octanol–water partition coefficient (Wildman–Crippen LogP) is 0.808. The van der Waals surface area contributed by atoms with Crippen LogP contribution in [-0.4, -0.2) is 36.5 Å². The van der Waals surface area contributed by atoms with E-state index in [1.54, 1.807) is 4.90 Å². The van der Waals surface area contributed by atoms with E-state index < -0.39 is 0 Å². The summed E-state index contributed by atoms with van der Waals surface area (Å²) in [6, 6.07) is 0. The Bertz CT molecular complexity index is 239. The number of rotatable bonds is 2. The maximum absolute atomic E-state index is 11.1. The van der Waals surface area contributed by atoms with E-state index in [1.165, 1.54) is 0 Å². The zero-order valence-corrected chi connectivity index (χ0v) is 7.49. The van der Waals surface area contributed by atoms with Crippen LogP contribution in [0.15, 0.2) is 0 Å². The standard InChI is InChI=1S/C9H13NO3/c11-8-2-1-7(5-8)6-10-3-4-13-9(10)12/h7H,1-6H2. The molecule has 1 amide bonds. The van der Waals surface area contributed by atoms with Crippen molar-refractivity contribution in [3.05, 3.63) is 0 Å². The number of nitrogens with zero attached hydrogens (tertiary/aromatic N) is 1. The number of carbonyl (C=O) groups excluding carboxylic acids is 2. The van der Waals surface area contributed by atoms with Crippen LogP contribution in [0.2, 0.25) is 0 Å². The van der Waals surface area contributed by atoms with Crippen LogP contribution in [0.5, 0.6) is 0 Å². The van der Waals surface area contributed by atoms with Gasteiger partial charge < -0.3 is 9.64 Å². The van der Waals surface area contributed by atoms with Crippen LogP contribution in [-0.2, 0) is 9.53 Å². The van der Waals surface area contributed by atoms with Gasteiger partial charge in [0.25, 0.3) is 0 Å². The van der Waals surface area contributed by atoms with Crippen molar-refractivity contribution in [3.8, 4) is 0 Å². The number of ether oxygens (including phenoxy) is 1. The minimum Gasteiger partial charge on any atom is -0.448 e. The van der Waals surface area contributed by atoms with Gasteiger partial charge in [0.2, 0.25) is 0 Å². The summed E-state index contributed by atoms with van der Waals surface area (Å²) in [4.78, 5) is 23.7. The summed E-state index contributed by atoms with van der Waals surface area (Å²) in [6.45, 7) is 1.88. The molecule has 2 aliphatic rings. The van der Waals surface area contributed by atoms with Gasteiger partial charge in [-0.1, -0.05) is 0 Å². The third-order valence-electron chi connectivity index (χ3n) is 2.67. The highest BCUT2D eigenvalue weighted by molar-refractivity contribution is 5.80. The fraction of sp³-hybridized carbons (Fsp3) is 0.778. The molecule has 0 aromatic heterocycles. The maximum Gasteiger partial charge on any atom is 0.409 e. The minimum atomic E-state index is -0.223. The number of ketones is 1. The number of hydrogen-bond acceptors (Lipinski definition) is 3. The lowest BCUT2D eigenvalue weighted by Gasteiger charge is -2.16. The van der Waals surface area contributed by atoms with Gasteiger partial charge in [0.1, 0.15) is 12.4 Å². The molecule has 1 heterocycles. The van der Waals surface area contributed by atoms with Gasteiger partial charge in [0, 0.05) is 19.4 Å². The van der Waals surface area contributed by atoms with Crippen molar-refractivity contribution in [2.24, 2.45) is 5.92 Å². The third kappa shape index (κ3) is 1.82. The van der Waals surface area contributed by atoms with Crippen molar-refractivity contribution in [2.75, 3.05) is 19.7 Å². The minimum absolute atomic E-state index is 0.223. The van der Waals surface area contributed by atoms with E-state index in [0.29, 0.717) is 44.2 Å². The first kappa shape index (κ1) is 8.53. The van der Waals surface area contributed by atoms with Gasteiger partial charge in [-0.25, -0.2) is 4.79 Å². The Balaban J connectivity index is 1.84. The average molecular weight is 183 g/mol. The van der Waals surface area contributed by atoms with Gasteiger partial charge >= 0.3 is 6.09 Å². The molecule has 13 heavy (non-hydrogen) atoms. The largest absolute Gasteiger partial charge is 0.448 e. The van der Waals surface area contributed by atoms with Crippen molar-refractivity contribution in [1.82, 2.24) is 4.90 Å². The zero-order valence-electron chi connectivity index (χ0n) is 7.49. The summed E-state index contributed by atoms with van der Waals surface area (Å²) < 4.78 is 4.80. The quantitative estimate of drug-likeness (QED) is 0.636. The van der Waals surface area contributed by atoms with E-state index in [-0.39, 0.29) is 6.09 Å². The molecule has 1 atom stereocenters. The van der Waals surface area contributed by atoms with Crippen LogP contribution in [0.3, 0.4) is 0 Å². The Kier molecular flexibility index (Phi) is 2.20. The van der Waals surface area contributed by atoms with Crippen LogP contribution in [0.1, 0.15) is 19.3 Å². The Labute approximate surface area is 76.8 Å².